The largest absolute Gasteiger partial charge is 0.457 e. The Morgan fingerprint density at radius 1 is 1.11 bits per heavy atom. The first kappa shape index (κ1) is 34.0. The lowest BCUT2D eigenvalue weighted by Crippen LogP contribution is -2.48. The van der Waals surface area contributed by atoms with Crippen molar-refractivity contribution in [2.45, 2.75) is 76.9 Å². The third kappa shape index (κ3) is 8.11. The summed E-state index contributed by atoms with van der Waals surface area (Å²) in [7, 11) is 2.02. The SMILES string of the molecule is C/C(=C\c1cc(F)c2nnn([C@H]3CCOC[C@@H]3O)c2c1)[C@H]1OC(=O)C[C@H](O)CC[C@H](C)[C@@H](OC(=O)N2CCN(C)CC2)/C=C\[C@@H]1C. The molecule has 12 nitrogen and oxygen atoms in total. The van der Waals surface area contributed by atoms with Crippen LogP contribution in [-0.2, 0) is 19.0 Å². The van der Waals surface area contributed by atoms with Crippen molar-refractivity contribution in [2.24, 2.45) is 11.8 Å². The Labute approximate surface area is 268 Å². The molecule has 0 radical (unpaired) electrons. The van der Waals surface area contributed by atoms with Crippen LogP contribution in [0.25, 0.3) is 17.1 Å². The summed E-state index contributed by atoms with van der Waals surface area (Å²) in [6, 6.07) is 2.70. The molecule has 2 saturated heterocycles. The topological polar surface area (TPSA) is 139 Å². The number of likely N-dealkylation sites (N-methyl/N-ethyl adjacent to an activating group) is 1. The molecule has 0 spiro atoms. The van der Waals surface area contributed by atoms with Gasteiger partial charge >= 0.3 is 12.1 Å². The Morgan fingerprint density at radius 2 is 1.87 bits per heavy atom. The number of ether oxygens (including phenoxy) is 3. The lowest BCUT2D eigenvalue weighted by atomic mass is 9.91. The molecule has 4 heterocycles. The van der Waals surface area contributed by atoms with Gasteiger partial charge in [0.1, 0.15) is 17.7 Å². The number of halogens is 1. The van der Waals surface area contributed by atoms with E-state index in [4.69, 9.17) is 14.2 Å². The molecular weight excluding hydrogens is 597 g/mol. The molecule has 252 valence electrons. The molecule has 1 aromatic carbocycles. The fourth-order valence-corrected chi connectivity index (χ4v) is 6.32. The van der Waals surface area contributed by atoms with Gasteiger partial charge in [-0.25, -0.2) is 13.9 Å². The number of carbonyl (C=O) groups is 2. The summed E-state index contributed by atoms with van der Waals surface area (Å²) >= 11 is 0. The summed E-state index contributed by atoms with van der Waals surface area (Å²) < 4.78 is 34.0. The number of nitrogens with zero attached hydrogens (tertiary/aromatic N) is 5. The third-order valence-electron chi connectivity index (χ3n) is 9.26. The number of rotatable bonds is 4. The molecule has 3 aliphatic heterocycles. The van der Waals surface area contributed by atoms with E-state index in [1.54, 1.807) is 28.6 Å². The van der Waals surface area contributed by atoms with Gasteiger partial charge in [-0.05, 0) is 68.5 Å². The third-order valence-corrected chi connectivity index (χ3v) is 9.26. The molecule has 2 N–H and O–H groups in total. The van der Waals surface area contributed by atoms with E-state index in [1.165, 1.54) is 6.07 Å². The fourth-order valence-electron chi connectivity index (χ4n) is 6.32. The van der Waals surface area contributed by atoms with Crippen molar-refractivity contribution in [1.82, 2.24) is 24.8 Å². The Balaban J connectivity index is 1.41. The molecule has 1 amide bonds. The van der Waals surface area contributed by atoms with Gasteiger partial charge in [-0.15, -0.1) is 5.10 Å². The van der Waals surface area contributed by atoms with Crippen LogP contribution < -0.4 is 0 Å². The predicted molar refractivity (Wildman–Crippen MR) is 168 cm³/mol. The summed E-state index contributed by atoms with van der Waals surface area (Å²) in [6.45, 7) is 9.03. The lowest BCUT2D eigenvalue weighted by Gasteiger charge is -2.33. The second-order valence-corrected chi connectivity index (χ2v) is 13.0. The maximum Gasteiger partial charge on any atom is 0.410 e. The van der Waals surface area contributed by atoms with Gasteiger partial charge in [0.25, 0.3) is 0 Å². The van der Waals surface area contributed by atoms with Crippen molar-refractivity contribution in [3.8, 4) is 0 Å². The van der Waals surface area contributed by atoms with E-state index >= 15 is 4.39 Å². The van der Waals surface area contributed by atoms with Gasteiger partial charge in [0.05, 0.1) is 36.8 Å². The second-order valence-electron chi connectivity index (χ2n) is 13.0. The van der Waals surface area contributed by atoms with Gasteiger partial charge in [0.15, 0.2) is 5.82 Å². The normalized spacial score (nSPS) is 31.5. The number of carbonyl (C=O) groups excluding carboxylic acids is 2. The zero-order valence-corrected chi connectivity index (χ0v) is 27.0. The number of aliphatic hydroxyl groups excluding tert-OH is 2. The van der Waals surface area contributed by atoms with E-state index < -0.39 is 42.2 Å². The minimum Gasteiger partial charge on any atom is -0.457 e. The lowest BCUT2D eigenvalue weighted by molar-refractivity contribution is -0.151. The second kappa shape index (κ2) is 15.0. The highest BCUT2D eigenvalue weighted by Crippen LogP contribution is 2.29. The molecule has 3 aliphatic rings. The van der Waals surface area contributed by atoms with E-state index in [1.807, 2.05) is 33.0 Å². The summed E-state index contributed by atoms with van der Waals surface area (Å²) in [6.07, 6.45) is 3.39. The van der Waals surface area contributed by atoms with Gasteiger partial charge in [-0.3, -0.25) is 4.79 Å². The minimum atomic E-state index is -0.905. The number of aliphatic hydroxyl groups is 2. The molecule has 1 aromatic heterocycles. The zero-order chi connectivity index (χ0) is 33.0. The predicted octanol–water partition coefficient (Wildman–Crippen LogP) is 3.33. The van der Waals surface area contributed by atoms with E-state index in [9.17, 15) is 19.8 Å². The van der Waals surface area contributed by atoms with Crippen LogP contribution >= 0.6 is 0 Å². The molecule has 5 rings (SSSR count). The Morgan fingerprint density at radius 3 is 2.61 bits per heavy atom. The molecule has 2 aromatic rings. The highest BCUT2D eigenvalue weighted by Gasteiger charge is 2.30. The summed E-state index contributed by atoms with van der Waals surface area (Å²) in [5.74, 6) is -1.53. The van der Waals surface area contributed by atoms with Crippen molar-refractivity contribution in [3.63, 3.8) is 0 Å². The molecule has 0 saturated carbocycles. The average molecular weight is 644 g/mol. The van der Waals surface area contributed by atoms with Gasteiger partial charge < -0.3 is 34.2 Å². The van der Waals surface area contributed by atoms with Crippen LogP contribution in [0.5, 0.6) is 0 Å². The smallest absolute Gasteiger partial charge is 0.410 e. The van der Waals surface area contributed by atoms with Crippen molar-refractivity contribution in [1.29, 1.82) is 0 Å². The molecule has 0 bridgehead atoms. The molecule has 0 unspecified atom stereocenters. The summed E-state index contributed by atoms with van der Waals surface area (Å²) in [4.78, 5) is 29.9. The van der Waals surface area contributed by atoms with Gasteiger partial charge in [0, 0.05) is 38.7 Å². The maximum absolute atomic E-state index is 15.2. The van der Waals surface area contributed by atoms with Gasteiger partial charge in [-0.2, -0.15) is 0 Å². The number of esters is 1. The van der Waals surface area contributed by atoms with Gasteiger partial charge in [0.2, 0.25) is 0 Å². The number of hydrogen-bond donors (Lipinski definition) is 2. The zero-order valence-electron chi connectivity index (χ0n) is 27.0. The fraction of sp³-hybridized carbons (Fsp3) is 0.636. The molecular formula is C33H46FN5O7. The number of benzene rings is 1. The van der Waals surface area contributed by atoms with E-state index in [2.05, 4.69) is 15.2 Å². The highest BCUT2D eigenvalue weighted by molar-refractivity contribution is 5.79. The van der Waals surface area contributed by atoms with Crippen LogP contribution in [0.3, 0.4) is 0 Å². The average Bonchev–Trinajstić information content (AvgIpc) is 3.44. The van der Waals surface area contributed by atoms with Crippen LogP contribution in [0.1, 0.15) is 58.1 Å². The van der Waals surface area contributed by atoms with E-state index in [0.717, 1.165) is 13.1 Å². The van der Waals surface area contributed by atoms with Crippen LogP contribution in [0.2, 0.25) is 0 Å². The first-order chi connectivity index (χ1) is 22.0. The van der Waals surface area contributed by atoms with Crippen molar-refractivity contribution in [2.75, 3.05) is 46.4 Å². The number of piperazine rings is 1. The standard InChI is InChI=1S/C33H46FN5O7/c1-20-5-7-24(40)18-30(42)46-32(21(2)6-8-29(20)45-33(43)38-12-10-37(4)11-13-38)22(3)15-23-16-25(34)31-27(17-23)39(36-35-31)26-9-14-44-19-28(26)41/h6,8,15-17,20-21,24,26,28-29,32,40-41H,5,7,9-14,18-19H2,1-4H3/b8-6-,22-15+/t20-,21-,24+,26-,28-,29-,32-/m0/s1. The Hall–Kier alpha value is -3.39. The number of cyclic esters (lactones) is 1. The number of fused-ring (bicyclic) bond motifs is 1. The Kier molecular flexibility index (Phi) is 11.1. The number of aromatic nitrogens is 3. The first-order valence-corrected chi connectivity index (χ1v) is 16.2. The molecule has 0 aliphatic carbocycles. The monoisotopic (exact) mass is 643 g/mol. The molecule has 46 heavy (non-hydrogen) atoms. The van der Waals surface area contributed by atoms with Crippen LogP contribution in [0.15, 0.2) is 29.9 Å². The Bertz CT molecular complexity index is 1440. The minimum absolute atomic E-state index is 0.0949. The molecule has 13 heteroatoms. The van der Waals surface area contributed by atoms with Crippen LogP contribution in [0.4, 0.5) is 9.18 Å². The van der Waals surface area contributed by atoms with Crippen molar-refractivity contribution >= 4 is 29.2 Å². The summed E-state index contributed by atoms with van der Waals surface area (Å²) in [5.41, 5.74) is 1.71. The number of amides is 1. The quantitative estimate of drug-likeness (QED) is 0.377. The van der Waals surface area contributed by atoms with Crippen LogP contribution in [0, 0.1) is 17.7 Å². The summed E-state index contributed by atoms with van der Waals surface area (Å²) in [5, 5.41) is 29.3. The molecule has 2 fully saturated rings. The van der Waals surface area contributed by atoms with Crippen LogP contribution in [-0.4, -0.2) is 118 Å². The van der Waals surface area contributed by atoms with Gasteiger partial charge in [-0.1, -0.05) is 31.2 Å². The first-order valence-electron chi connectivity index (χ1n) is 16.2. The molecule has 7 atom stereocenters. The van der Waals surface area contributed by atoms with E-state index in [-0.39, 0.29) is 36.5 Å². The number of hydrogen-bond acceptors (Lipinski definition) is 10. The van der Waals surface area contributed by atoms with Crippen molar-refractivity contribution < 1.29 is 38.4 Å². The van der Waals surface area contributed by atoms with E-state index in [0.29, 0.717) is 55.6 Å². The maximum atomic E-state index is 15.2. The highest BCUT2D eigenvalue weighted by atomic mass is 19.1. The van der Waals surface area contributed by atoms with Crippen molar-refractivity contribution in [3.05, 3.63) is 41.2 Å².